The van der Waals surface area contributed by atoms with Gasteiger partial charge in [0.2, 0.25) is 5.91 Å². The predicted octanol–water partition coefficient (Wildman–Crippen LogP) is 2.30. The molecule has 1 aliphatic heterocycles. The van der Waals surface area contributed by atoms with Gasteiger partial charge >= 0.3 is 0 Å². The maximum absolute atomic E-state index is 12.5. The van der Waals surface area contributed by atoms with Crippen LogP contribution in [0.15, 0.2) is 29.7 Å². The van der Waals surface area contributed by atoms with E-state index in [4.69, 9.17) is 11.6 Å². The van der Waals surface area contributed by atoms with Crippen LogP contribution in [0.3, 0.4) is 0 Å². The summed E-state index contributed by atoms with van der Waals surface area (Å²) >= 11 is 7.24. The monoisotopic (exact) mass is 410 g/mol. The van der Waals surface area contributed by atoms with E-state index in [0.717, 1.165) is 11.7 Å². The highest BCUT2D eigenvalue weighted by Gasteiger charge is 2.26. The van der Waals surface area contributed by atoms with Crippen LogP contribution in [-0.2, 0) is 11.3 Å². The zero-order valence-electron chi connectivity index (χ0n) is 14.7. The van der Waals surface area contributed by atoms with Crippen LogP contribution in [0, 0.1) is 10.1 Å². The number of hydrogen-bond donors (Lipinski definition) is 0. The Kier molecular flexibility index (Phi) is 6.17. The highest BCUT2D eigenvalue weighted by Crippen LogP contribution is 2.31. The van der Waals surface area contributed by atoms with E-state index in [0.29, 0.717) is 42.6 Å². The largest absolute Gasteiger partial charge is 0.362 e. The Balaban J connectivity index is 1.57. The second-order valence-electron chi connectivity index (χ2n) is 5.95. The highest BCUT2D eigenvalue weighted by molar-refractivity contribution is 7.99. The van der Waals surface area contributed by atoms with Gasteiger partial charge in [0.25, 0.3) is 5.69 Å². The van der Waals surface area contributed by atoms with Gasteiger partial charge in [0, 0.05) is 43.8 Å². The van der Waals surface area contributed by atoms with Crippen molar-refractivity contribution in [2.24, 2.45) is 0 Å². The van der Waals surface area contributed by atoms with Gasteiger partial charge in [-0.3, -0.25) is 14.9 Å². The standard InChI is InChI=1S/C16H19ClN6O3S/c1-2-20-11-18-19-16(20)27-10-15(24)22-7-5-21(6-8-22)13-4-3-12(17)9-14(13)23(25)26/h3-4,9,11H,2,5-8,10H2,1H3. The van der Waals surface area contributed by atoms with E-state index in [1.165, 1.54) is 17.8 Å². The summed E-state index contributed by atoms with van der Waals surface area (Å²) in [6, 6.07) is 4.65. The summed E-state index contributed by atoms with van der Waals surface area (Å²) in [5.41, 5.74) is 0.513. The number of nitrogens with zero attached hydrogens (tertiary/aromatic N) is 6. The van der Waals surface area contributed by atoms with Gasteiger partial charge in [-0.25, -0.2) is 0 Å². The minimum absolute atomic E-state index is 0.0169. The Labute approximate surface area is 165 Å². The molecule has 0 saturated carbocycles. The third-order valence-electron chi connectivity index (χ3n) is 4.35. The summed E-state index contributed by atoms with van der Waals surface area (Å²) in [5.74, 6) is 0.315. The van der Waals surface area contributed by atoms with E-state index in [-0.39, 0.29) is 11.6 Å². The first-order valence-corrected chi connectivity index (χ1v) is 9.83. The van der Waals surface area contributed by atoms with Crippen LogP contribution in [0.4, 0.5) is 11.4 Å². The number of anilines is 1. The van der Waals surface area contributed by atoms with Crippen LogP contribution in [-0.4, -0.2) is 62.4 Å². The van der Waals surface area contributed by atoms with Crippen molar-refractivity contribution in [3.05, 3.63) is 39.7 Å². The summed E-state index contributed by atoms with van der Waals surface area (Å²) in [6.45, 7) is 4.83. The van der Waals surface area contributed by atoms with Gasteiger partial charge in [-0.15, -0.1) is 10.2 Å². The van der Waals surface area contributed by atoms with E-state index in [1.807, 2.05) is 16.4 Å². The number of halogens is 1. The second-order valence-corrected chi connectivity index (χ2v) is 7.33. The average Bonchev–Trinajstić information content (AvgIpc) is 3.13. The maximum atomic E-state index is 12.5. The lowest BCUT2D eigenvalue weighted by Crippen LogP contribution is -2.49. The van der Waals surface area contributed by atoms with Crippen molar-refractivity contribution in [3.63, 3.8) is 0 Å². The molecule has 1 fully saturated rings. The summed E-state index contributed by atoms with van der Waals surface area (Å²) < 4.78 is 1.88. The quantitative estimate of drug-likeness (QED) is 0.409. The molecule has 0 unspecified atom stereocenters. The van der Waals surface area contributed by atoms with Gasteiger partial charge < -0.3 is 14.4 Å². The Bertz CT molecular complexity index is 837. The first-order valence-electron chi connectivity index (χ1n) is 8.47. The first kappa shape index (κ1) is 19.4. The summed E-state index contributed by atoms with van der Waals surface area (Å²) in [6.07, 6.45) is 1.64. The van der Waals surface area contributed by atoms with Crippen LogP contribution < -0.4 is 4.90 Å². The van der Waals surface area contributed by atoms with Crippen molar-refractivity contribution >= 4 is 40.6 Å². The lowest BCUT2D eigenvalue weighted by atomic mass is 10.2. The molecule has 11 heteroatoms. The van der Waals surface area contributed by atoms with Crippen LogP contribution in [0.2, 0.25) is 5.02 Å². The summed E-state index contributed by atoms with van der Waals surface area (Å²) in [4.78, 5) is 27.0. The minimum Gasteiger partial charge on any atom is -0.362 e. The SMILES string of the molecule is CCn1cnnc1SCC(=O)N1CCN(c2ccc(Cl)cc2[N+](=O)[O-])CC1. The fourth-order valence-electron chi connectivity index (χ4n) is 2.90. The fraction of sp³-hybridized carbons (Fsp3) is 0.438. The predicted molar refractivity (Wildman–Crippen MR) is 103 cm³/mol. The van der Waals surface area contributed by atoms with Crippen LogP contribution in [0.1, 0.15) is 6.92 Å². The number of hydrogen-bond acceptors (Lipinski definition) is 7. The molecule has 0 atom stereocenters. The molecule has 1 aromatic heterocycles. The third kappa shape index (κ3) is 4.51. The van der Waals surface area contributed by atoms with Crippen molar-refractivity contribution in [3.8, 4) is 0 Å². The molecular weight excluding hydrogens is 392 g/mol. The molecule has 1 aromatic carbocycles. The maximum Gasteiger partial charge on any atom is 0.294 e. The van der Waals surface area contributed by atoms with Gasteiger partial charge in [-0.05, 0) is 19.1 Å². The molecule has 1 saturated heterocycles. The number of carbonyl (C=O) groups excluding carboxylic acids is 1. The number of nitro groups is 1. The Morgan fingerprint density at radius 3 is 2.74 bits per heavy atom. The first-order chi connectivity index (χ1) is 13.0. The number of rotatable bonds is 6. The number of benzene rings is 1. The van der Waals surface area contributed by atoms with Crippen LogP contribution in [0.5, 0.6) is 0 Å². The lowest BCUT2D eigenvalue weighted by Gasteiger charge is -2.35. The van der Waals surface area contributed by atoms with E-state index in [9.17, 15) is 14.9 Å². The Morgan fingerprint density at radius 1 is 1.33 bits per heavy atom. The number of thioether (sulfide) groups is 1. The molecule has 2 heterocycles. The molecule has 1 aliphatic rings. The molecule has 0 bridgehead atoms. The normalized spacial score (nSPS) is 14.4. The number of nitro benzene ring substituents is 1. The van der Waals surface area contributed by atoms with Gasteiger partial charge in [0.05, 0.1) is 10.7 Å². The fourth-order valence-corrected chi connectivity index (χ4v) is 3.95. The van der Waals surface area contributed by atoms with Gasteiger partial charge in [0.1, 0.15) is 12.0 Å². The Hall–Kier alpha value is -2.33. The summed E-state index contributed by atoms with van der Waals surface area (Å²) in [5, 5.41) is 20.2. The van der Waals surface area contributed by atoms with Crippen molar-refractivity contribution in [1.82, 2.24) is 19.7 Å². The molecule has 9 nitrogen and oxygen atoms in total. The molecule has 144 valence electrons. The third-order valence-corrected chi connectivity index (χ3v) is 5.55. The van der Waals surface area contributed by atoms with Crippen molar-refractivity contribution < 1.29 is 9.72 Å². The Morgan fingerprint density at radius 2 is 2.07 bits per heavy atom. The molecule has 0 N–H and O–H groups in total. The number of piperazine rings is 1. The van der Waals surface area contributed by atoms with Crippen LogP contribution >= 0.6 is 23.4 Å². The molecule has 0 radical (unpaired) electrons. The average molecular weight is 411 g/mol. The van der Waals surface area contributed by atoms with Crippen LogP contribution in [0.25, 0.3) is 0 Å². The second kappa shape index (κ2) is 8.57. The topological polar surface area (TPSA) is 97.4 Å². The van der Waals surface area contributed by atoms with Gasteiger partial charge in [-0.2, -0.15) is 0 Å². The molecule has 27 heavy (non-hydrogen) atoms. The van der Waals surface area contributed by atoms with Gasteiger partial charge in [-0.1, -0.05) is 23.4 Å². The number of aromatic nitrogens is 3. The van der Waals surface area contributed by atoms with Crippen molar-refractivity contribution in [1.29, 1.82) is 0 Å². The van der Waals surface area contributed by atoms with Crippen molar-refractivity contribution in [2.75, 3.05) is 36.8 Å². The molecular formula is C16H19ClN6O3S. The molecule has 3 rings (SSSR count). The number of aryl methyl sites for hydroxylation is 1. The summed E-state index contributed by atoms with van der Waals surface area (Å²) in [7, 11) is 0. The zero-order valence-corrected chi connectivity index (χ0v) is 16.3. The van der Waals surface area contributed by atoms with E-state index in [1.54, 1.807) is 23.4 Å². The van der Waals surface area contributed by atoms with Gasteiger partial charge in [0.15, 0.2) is 5.16 Å². The van der Waals surface area contributed by atoms with E-state index in [2.05, 4.69) is 10.2 Å². The zero-order chi connectivity index (χ0) is 19.4. The molecule has 1 amide bonds. The smallest absolute Gasteiger partial charge is 0.294 e. The molecule has 2 aromatic rings. The van der Waals surface area contributed by atoms with Crippen molar-refractivity contribution in [2.45, 2.75) is 18.6 Å². The molecule has 0 spiro atoms. The molecule has 0 aliphatic carbocycles. The minimum atomic E-state index is -0.431. The van der Waals surface area contributed by atoms with E-state index < -0.39 is 4.92 Å². The number of carbonyl (C=O) groups is 1. The van der Waals surface area contributed by atoms with E-state index >= 15 is 0 Å². The lowest BCUT2D eigenvalue weighted by molar-refractivity contribution is -0.384. The number of amides is 1. The highest BCUT2D eigenvalue weighted by atomic mass is 35.5.